The number of hydrogen-bond donors (Lipinski definition) is 3. The zero-order valence-electron chi connectivity index (χ0n) is 24.9. The minimum absolute atomic E-state index is 0.0273. The first-order valence-electron chi connectivity index (χ1n) is 14.5. The molecule has 0 aliphatic heterocycles. The number of carbonyl (C=O) groups excluding carboxylic acids is 2. The normalized spacial score (nSPS) is 14.2. The number of methoxy groups -OCH3 is 1. The molecule has 0 saturated heterocycles. The number of ether oxygens (including phenoxy) is 2. The van der Waals surface area contributed by atoms with Gasteiger partial charge in [-0.2, -0.15) is 5.10 Å². The fraction of sp³-hybridized carbons (Fsp3) is 0.312. The molecule has 1 fully saturated rings. The molecule has 4 aromatic rings. The molecular formula is C32H34F2N6O4S. The second-order valence-corrected chi connectivity index (χ2v) is 11.5. The van der Waals surface area contributed by atoms with E-state index >= 15 is 4.39 Å². The van der Waals surface area contributed by atoms with Crippen LogP contribution in [0.2, 0.25) is 0 Å². The van der Waals surface area contributed by atoms with Gasteiger partial charge in [0.15, 0.2) is 11.6 Å². The van der Waals surface area contributed by atoms with Crippen LogP contribution in [0.5, 0.6) is 11.5 Å². The van der Waals surface area contributed by atoms with Gasteiger partial charge in [0.25, 0.3) is 0 Å². The average Bonchev–Trinajstić information content (AvgIpc) is 3.52. The van der Waals surface area contributed by atoms with Crippen molar-refractivity contribution in [3.8, 4) is 21.9 Å². The van der Waals surface area contributed by atoms with Gasteiger partial charge in [-0.25, -0.2) is 8.78 Å². The van der Waals surface area contributed by atoms with E-state index in [1.807, 2.05) is 16.9 Å². The predicted octanol–water partition coefficient (Wildman–Crippen LogP) is 5.59. The number of aromatic nitrogens is 3. The topological polar surface area (TPSA) is 119 Å². The van der Waals surface area contributed by atoms with Crippen LogP contribution in [0.4, 0.5) is 14.5 Å². The molecule has 45 heavy (non-hydrogen) atoms. The van der Waals surface area contributed by atoms with Gasteiger partial charge in [-0.1, -0.05) is 12.2 Å². The lowest BCUT2D eigenvalue weighted by molar-refractivity contribution is -0.133. The molecule has 5 rings (SSSR count). The van der Waals surface area contributed by atoms with Crippen molar-refractivity contribution in [2.45, 2.75) is 26.3 Å². The highest BCUT2D eigenvalue weighted by molar-refractivity contribution is 7.22. The number of anilines is 1. The minimum atomic E-state index is -1.26. The van der Waals surface area contributed by atoms with Crippen LogP contribution in [-0.2, 0) is 20.9 Å². The number of halogens is 2. The molecule has 3 heterocycles. The number of nitrogens with zero attached hydrogens (tertiary/aromatic N) is 3. The quantitative estimate of drug-likeness (QED) is 0.0884. The minimum Gasteiger partial charge on any atom is -0.453 e. The SMILES string of the molecule is C/C=C(\C=C/CF)NC(=O)C1(C(=O)Nc2ccc(Oc3ccnc4cc(-c5cnn(CCNCCOC)c5)sc34)c(F)c2)CC1. The van der Waals surface area contributed by atoms with Crippen molar-refractivity contribution in [2.24, 2.45) is 5.41 Å². The van der Waals surface area contributed by atoms with Crippen molar-refractivity contribution in [3.63, 3.8) is 0 Å². The van der Waals surface area contributed by atoms with E-state index in [0.717, 1.165) is 34.3 Å². The standard InChI is InChI=1S/C32H34F2N6O4S/c1-3-22(5-4-11-33)38-30(41)32(9-10-32)31(42)39-23-6-7-26(24(34)17-23)44-27-8-12-36-25-18-28(45-29(25)27)21-19-37-40(20-21)15-13-35-14-16-43-2/h3-8,12,17-20,35H,9-11,13-16H2,1-2H3,(H,38,41)(H,39,42)/b5-4-,22-3+. The van der Waals surface area contributed by atoms with Crippen LogP contribution >= 0.6 is 11.3 Å². The lowest BCUT2D eigenvalue weighted by Crippen LogP contribution is -2.39. The molecule has 0 spiro atoms. The maximum Gasteiger partial charge on any atom is 0.240 e. The molecule has 13 heteroatoms. The number of carbonyl (C=O) groups is 2. The number of hydrogen-bond acceptors (Lipinski definition) is 8. The summed E-state index contributed by atoms with van der Waals surface area (Å²) in [5.41, 5.74) is 0.967. The smallest absolute Gasteiger partial charge is 0.240 e. The first kappa shape index (κ1) is 31.9. The van der Waals surface area contributed by atoms with Crippen LogP contribution in [0.3, 0.4) is 0 Å². The molecule has 0 bridgehead atoms. The fourth-order valence-corrected chi connectivity index (χ4v) is 5.63. The summed E-state index contributed by atoms with van der Waals surface area (Å²) in [7, 11) is 1.67. The molecule has 10 nitrogen and oxygen atoms in total. The van der Waals surface area contributed by atoms with Gasteiger partial charge in [-0.15, -0.1) is 11.3 Å². The van der Waals surface area contributed by atoms with Gasteiger partial charge in [0.1, 0.15) is 17.8 Å². The van der Waals surface area contributed by atoms with E-state index in [9.17, 15) is 14.0 Å². The molecule has 0 unspecified atom stereocenters. The van der Waals surface area contributed by atoms with E-state index in [0.29, 0.717) is 43.0 Å². The number of fused-ring (bicyclic) bond motifs is 1. The molecule has 1 saturated carbocycles. The van der Waals surface area contributed by atoms with E-state index in [1.165, 1.54) is 35.6 Å². The van der Waals surface area contributed by atoms with Crippen LogP contribution in [-0.4, -0.2) is 60.1 Å². The van der Waals surface area contributed by atoms with E-state index in [2.05, 4.69) is 26.0 Å². The van der Waals surface area contributed by atoms with Gasteiger partial charge in [0.2, 0.25) is 11.8 Å². The van der Waals surface area contributed by atoms with E-state index in [1.54, 1.807) is 38.6 Å². The van der Waals surface area contributed by atoms with Crippen molar-refractivity contribution in [2.75, 3.05) is 38.8 Å². The van der Waals surface area contributed by atoms with Gasteiger partial charge in [0.05, 0.1) is 29.6 Å². The number of thiophene rings is 1. The second-order valence-electron chi connectivity index (χ2n) is 10.4. The third-order valence-electron chi connectivity index (χ3n) is 7.28. The van der Waals surface area contributed by atoms with Crippen molar-refractivity contribution in [1.29, 1.82) is 0 Å². The summed E-state index contributed by atoms with van der Waals surface area (Å²) in [4.78, 5) is 31.3. The molecule has 1 aliphatic carbocycles. The number of allylic oxidation sites excluding steroid dienone is 3. The van der Waals surface area contributed by atoms with E-state index in [4.69, 9.17) is 9.47 Å². The van der Waals surface area contributed by atoms with Gasteiger partial charge in [-0.05, 0) is 44.0 Å². The maximum absolute atomic E-state index is 15.2. The number of rotatable bonds is 15. The van der Waals surface area contributed by atoms with Crippen LogP contribution in [0.1, 0.15) is 19.8 Å². The van der Waals surface area contributed by atoms with Crippen LogP contribution in [0.25, 0.3) is 20.7 Å². The largest absolute Gasteiger partial charge is 0.453 e. The van der Waals surface area contributed by atoms with Crippen molar-refractivity contribution in [1.82, 2.24) is 25.4 Å². The summed E-state index contributed by atoms with van der Waals surface area (Å²) < 4.78 is 41.3. The predicted molar refractivity (Wildman–Crippen MR) is 169 cm³/mol. The third-order valence-corrected chi connectivity index (χ3v) is 8.47. The van der Waals surface area contributed by atoms with Crippen LogP contribution < -0.4 is 20.7 Å². The Kier molecular flexibility index (Phi) is 10.3. The molecule has 0 atom stereocenters. The monoisotopic (exact) mass is 636 g/mol. The van der Waals surface area contributed by atoms with E-state index < -0.39 is 29.7 Å². The average molecular weight is 637 g/mol. The summed E-state index contributed by atoms with van der Waals surface area (Å²) in [5, 5.41) is 13.0. The lowest BCUT2D eigenvalue weighted by Gasteiger charge is -2.16. The summed E-state index contributed by atoms with van der Waals surface area (Å²) in [6.45, 7) is 3.91. The molecule has 3 N–H and O–H groups in total. The first-order valence-corrected chi connectivity index (χ1v) is 15.3. The first-order chi connectivity index (χ1) is 21.9. The summed E-state index contributed by atoms with van der Waals surface area (Å²) in [6.07, 6.45) is 10.4. The highest BCUT2D eigenvalue weighted by Gasteiger charge is 2.56. The fourth-order valence-electron chi connectivity index (χ4n) is 4.59. The van der Waals surface area contributed by atoms with Crippen LogP contribution in [0, 0.1) is 11.2 Å². The summed E-state index contributed by atoms with van der Waals surface area (Å²) in [5.74, 6) is -1.30. The Labute approximate surface area is 263 Å². The Morgan fingerprint density at radius 3 is 2.73 bits per heavy atom. The third kappa shape index (κ3) is 7.62. The van der Waals surface area contributed by atoms with Gasteiger partial charge >= 0.3 is 0 Å². The van der Waals surface area contributed by atoms with Crippen LogP contribution in [0.15, 0.2) is 72.8 Å². The highest BCUT2D eigenvalue weighted by Crippen LogP contribution is 2.47. The summed E-state index contributed by atoms with van der Waals surface area (Å²) in [6, 6.07) is 7.71. The molecule has 1 aromatic carbocycles. The van der Waals surface area contributed by atoms with Crippen molar-refractivity contribution >= 4 is 39.1 Å². The number of amides is 2. The molecule has 2 amide bonds. The molecule has 1 aliphatic rings. The van der Waals surface area contributed by atoms with E-state index in [-0.39, 0.29) is 11.4 Å². The zero-order valence-corrected chi connectivity index (χ0v) is 25.8. The van der Waals surface area contributed by atoms with Gasteiger partial charge < -0.3 is 25.4 Å². The number of alkyl halides is 1. The number of nitrogens with one attached hydrogen (secondary N) is 3. The lowest BCUT2D eigenvalue weighted by atomic mass is 10.0. The highest BCUT2D eigenvalue weighted by atomic mass is 32.1. The number of pyridine rings is 1. The maximum atomic E-state index is 15.2. The molecule has 3 aromatic heterocycles. The number of benzene rings is 1. The summed E-state index contributed by atoms with van der Waals surface area (Å²) >= 11 is 1.47. The Balaban J connectivity index is 1.24. The van der Waals surface area contributed by atoms with Gasteiger partial charge in [0, 0.05) is 66.6 Å². The van der Waals surface area contributed by atoms with Gasteiger partial charge in [-0.3, -0.25) is 19.3 Å². The molecular weight excluding hydrogens is 602 g/mol. The van der Waals surface area contributed by atoms with Crippen molar-refractivity contribution < 1.29 is 27.8 Å². The Hall–Kier alpha value is -4.46. The zero-order chi connectivity index (χ0) is 31.8. The Morgan fingerprint density at radius 2 is 2.00 bits per heavy atom. The van der Waals surface area contributed by atoms with Crippen molar-refractivity contribution in [3.05, 3.63) is 78.7 Å². The molecule has 236 valence electrons. The Bertz CT molecular complexity index is 1730. The second kappa shape index (κ2) is 14.5. The molecule has 0 radical (unpaired) electrons. The Morgan fingerprint density at radius 1 is 1.16 bits per heavy atom.